The number of likely N-dealkylation sites (tertiary alicyclic amines) is 1. The minimum absolute atomic E-state index is 0.00940. The molecule has 1 saturated heterocycles. The van der Waals surface area contributed by atoms with Crippen LogP contribution in [0.25, 0.3) is 0 Å². The third-order valence-corrected chi connectivity index (χ3v) is 2.83. The fourth-order valence-corrected chi connectivity index (χ4v) is 2.03. The van der Waals surface area contributed by atoms with Crippen molar-refractivity contribution in [1.82, 2.24) is 10.2 Å². The van der Waals surface area contributed by atoms with E-state index in [1.807, 2.05) is 20.8 Å². The first kappa shape index (κ1) is 13.3. The van der Waals surface area contributed by atoms with Crippen molar-refractivity contribution in [2.24, 2.45) is 0 Å². The molecule has 1 aliphatic rings. The van der Waals surface area contributed by atoms with E-state index in [1.165, 1.54) is 0 Å². The summed E-state index contributed by atoms with van der Waals surface area (Å²) in [6.45, 7) is 6.73. The summed E-state index contributed by atoms with van der Waals surface area (Å²) in [5.74, 6) is 0. The first-order valence-electron chi connectivity index (χ1n) is 6.13. The number of aliphatic hydroxyl groups excluding tert-OH is 1. The molecular formula is C12H24N2O2. The van der Waals surface area contributed by atoms with Crippen molar-refractivity contribution in [2.45, 2.75) is 58.0 Å². The van der Waals surface area contributed by atoms with Gasteiger partial charge in [-0.25, -0.2) is 4.79 Å². The zero-order valence-corrected chi connectivity index (χ0v) is 10.6. The molecule has 1 fully saturated rings. The molecule has 4 heteroatoms. The Balaban J connectivity index is 2.63. The minimum Gasteiger partial charge on any atom is -0.394 e. The summed E-state index contributed by atoms with van der Waals surface area (Å²) in [5.41, 5.74) is -0.219. The average molecular weight is 228 g/mol. The van der Waals surface area contributed by atoms with Crippen molar-refractivity contribution in [2.75, 3.05) is 13.2 Å². The van der Waals surface area contributed by atoms with Gasteiger partial charge in [0.2, 0.25) is 0 Å². The summed E-state index contributed by atoms with van der Waals surface area (Å²) >= 11 is 0. The van der Waals surface area contributed by atoms with Crippen molar-refractivity contribution in [3.63, 3.8) is 0 Å². The lowest BCUT2D eigenvalue weighted by Crippen LogP contribution is -2.52. The first-order valence-corrected chi connectivity index (χ1v) is 6.13. The summed E-state index contributed by atoms with van der Waals surface area (Å²) in [6.07, 6.45) is 4.20. The summed E-state index contributed by atoms with van der Waals surface area (Å²) in [6, 6.07) is -0.0571. The van der Waals surface area contributed by atoms with Crippen LogP contribution >= 0.6 is 0 Å². The number of urea groups is 1. The van der Waals surface area contributed by atoms with E-state index in [-0.39, 0.29) is 24.2 Å². The van der Waals surface area contributed by atoms with Crippen molar-refractivity contribution in [3.05, 3.63) is 0 Å². The molecule has 2 amide bonds. The molecule has 0 aromatic carbocycles. The van der Waals surface area contributed by atoms with E-state index in [9.17, 15) is 9.90 Å². The van der Waals surface area contributed by atoms with Crippen LogP contribution in [0.4, 0.5) is 4.79 Å². The monoisotopic (exact) mass is 228 g/mol. The molecule has 0 bridgehead atoms. The van der Waals surface area contributed by atoms with Gasteiger partial charge in [-0.1, -0.05) is 12.8 Å². The van der Waals surface area contributed by atoms with Gasteiger partial charge in [-0.05, 0) is 33.6 Å². The largest absolute Gasteiger partial charge is 0.394 e. The van der Waals surface area contributed by atoms with Crippen LogP contribution in [-0.2, 0) is 0 Å². The van der Waals surface area contributed by atoms with E-state index < -0.39 is 0 Å². The van der Waals surface area contributed by atoms with E-state index in [0.29, 0.717) is 0 Å². The molecule has 4 nitrogen and oxygen atoms in total. The van der Waals surface area contributed by atoms with E-state index >= 15 is 0 Å². The van der Waals surface area contributed by atoms with Crippen LogP contribution in [0.1, 0.15) is 46.5 Å². The number of nitrogens with one attached hydrogen (secondary N) is 1. The lowest BCUT2D eigenvalue weighted by molar-refractivity contribution is 0.129. The van der Waals surface area contributed by atoms with Crippen molar-refractivity contribution < 1.29 is 9.90 Å². The minimum atomic E-state index is -0.219. The van der Waals surface area contributed by atoms with Gasteiger partial charge in [-0.15, -0.1) is 0 Å². The molecule has 1 unspecified atom stereocenters. The van der Waals surface area contributed by atoms with Gasteiger partial charge in [0.15, 0.2) is 0 Å². The molecule has 0 spiro atoms. The highest BCUT2D eigenvalue weighted by Gasteiger charge is 2.26. The molecule has 1 heterocycles. The Morgan fingerprint density at radius 2 is 2.06 bits per heavy atom. The predicted octanol–water partition coefficient (Wildman–Crippen LogP) is 1.73. The van der Waals surface area contributed by atoms with Crippen LogP contribution in [0.15, 0.2) is 0 Å². The van der Waals surface area contributed by atoms with Crippen LogP contribution in [0.3, 0.4) is 0 Å². The maximum Gasteiger partial charge on any atom is 0.318 e. The molecular weight excluding hydrogens is 204 g/mol. The van der Waals surface area contributed by atoms with E-state index in [1.54, 1.807) is 4.90 Å². The fraction of sp³-hybridized carbons (Fsp3) is 0.917. The van der Waals surface area contributed by atoms with Gasteiger partial charge < -0.3 is 15.3 Å². The predicted molar refractivity (Wildman–Crippen MR) is 64.3 cm³/mol. The molecule has 0 saturated carbocycles. The van der Waals surface area contributed by atoms with Crippen LogP contribution in [0, 0.1) is 0 Å². The van der Waals surface area contributed by atoms with Gasteiger partial charge in [-0.3, -0.25) is 0 Å². The third kappa shape index (κ3) is 4.00. The second-order valence-electron chi connectivity index (χ2n) is 5.56. The highest BCUT2D eigenvalue weighted by molar-refractivity contribution is 5.75. The van der Waals surface area contributed by atoms with Crippen molar-refractivity contribution in [3.8, 4) is 0 Å². The maximum absolute atomic E-state index is 12.0. The zero-order valence-electron chi connectivity index (χ0n) is 10.6. The van der Waals surface area contributed by atoms with Gasteiger partial charge in [-0.2, -0.15) is 0 Å². The number of nitrogens with zero attached hydrogens (tertiary/aromatic N) is 1. The standard InChI is InChI=1S/C12H24N2O2/c1-12(2,3)13-11(16)14-8-6-4-5-7-10(14)9-15/h10,15H,4-9H2,1-3H3,(H,13,16). The van der Waals surface area contributed by atoms with Crippen molar-refractivity contribution in [1.29, 1.82) is 0 Å². The lowest BCUT2D eigenvalue weighted by Gasteiger charge is -2.32. The quantitative estimate of drug-likeness (QED) is 0.718. The number of aliphatic hydroxyl groups is 1. The Morgan fingerprint density at radius 3 is 2.62 bits per heavy atom. The molecule has 1 rings (SSSR count). The molecule has 0 aromatic rings. The first-order chi connectivity index (χ1) is 7.44. The molecule has 0 aromatic heterocycles. The van der Waals surface area contributed by atoms with Gasteiger partial charge in [0.25, 0.3) is 0 Å². The second-order valence-corrected chi connectivity index (χ2v) is 5.56. The molecule has 1 atom stereocenters. The van der Waals surface area contributed by atoms with Gasteiger partial charge in [0, 0.05) is 12.1 Å². The maximum atomic E-state index is 12.0. The Bertz CT molecular complexity index is 236. The van der Waals surface area contributed by atoms with E-state index in [2.05, 4.69) is 5.32 Å². The van der Waals surface area contributed by atoms with Crippen LogP contribution in [-0.4, -0.2) is 40.8 Å². The van der Waals surface area contributed by atoms with Crippen LogP contribution in [0.5, 0.6) is 0 Å². The van der Waals surface area contributed by atoms with Gasteiger partial charge in [0.05, 0.1) is 12.6 Å². The third-order valence-electron chi connectivity index (χ3n) is 2.83. The summed E-state index contributed by atoms with van der Waals surface area (Å²) in [4.78, 5) is 13.8. The Hall–Kier alpha value is -0.770. The number of carbonyl (C=O) groups is 1. The molecule has 16 heavy (non-hydrogen) atoms. The molecule has 0 aliphatic carbocycles. The number of hydrogen-bond acceptors (Lipinski definition) is 2. The SMILES string of the molecule is CC(C)(C)NC(=O)N1CCCCCC1CO. The Labute approximate surface area is 98.0 Å². The molecule has 0 radical (unpaired) electrons. The highest BCUT2D eigenvalue weighted by atomic mass is 16.3. The molecule has 94 valence electrons. The Kier molecular flexibility index (Phi) is 4.59. The Morgan fingerprint density at radius 1 is 1.38 bits per heavy atom. The molecule has 2 N–H and O–H groups in total. The molecule has 1 aliphatic heterocycles. The van der Waals surface area contributed by atoms with Crippen molar-refractivity contribution >= 4 is 6.03 Å². The van der Waals surface area contributed by atoms with Gasteiger partial charge >= 0.3 is 6.03 Å². The lowest BCUT2D eigenvalue weighted by atomic mass is 10.1. The zero-order chi connectivity index (χ0) is 12.2. The van der Waals surface area contributed by atoms with Crippen LogP contribution in [0.2, 0.25) is 0 Å². The summed E-state index contributed by atoms with van der Waals surface area (Å²) in [7, 11) is 0. The number of amides is 2. The van der Waals surface area contributed by atoms with E-state index in [0.717, 1.165) is 32.2 Å². The van der Waals surface area contributed by atoms with E-state index in [4.69, 9.17) is 0 Å². The van der Waals surface area contributed by atoms with Gasteiger partial charge in [0.1, 0.15) is 0 Å². The number of carbonyl (C=O) groups excluding carboxylic acids is 1. The second kappa shape index (κ2) is 5.53. The highest BCUT2D eigenvalue weighted by Crippen LogP contribution is 2.17. The normalized spacial score (nSPS) is 22.8. The number of hydrogen-bond donors (Lipinski definition) is 2. The topological polar surface area (TPSA) is 52.6 Å². The summed E-state index contributed by atoms with van der Waals surface area (Å²) in [5, 5.41) is 12.3. The summed E-state index contributed by atoms with van der Waals surface area (Å²) < 4.78 is 0. The average Bonchev–Trinajstić information content (AvgIpc) is 2.39. The fourth-order valence-electron chi connectivity index (χ4n) is 2.03. The smallest absolute Gasteiger partial charge is 0.318 e. The number of rotatable bonds is 1. The van der Waals surface area contributed by atoms with Crippen LogP contribution < -0.4 is 5.32 Å².